The van der Waals surface area contributed by atoms with Gasteiger partial charge in [-0.3, -0.25) is 9.69 Å². The number of aromatic nitrogens is 2. The Balaban J connectivity index is 1.28. The van der Waals surface area contributed by atoms with E-state index in [0.29, 0.717) is 29.0 Å². The number of carbonyl (C=O) groups excluding carboxylic acids is 1. The van der Waals surface area contributed by atoms with Gasteiger partial charge in [0.25, 0.3) is 5.91 Å². The molecule has 6 rings (SSSR count). The number of methoxy groups -OCH3 is 1. The number of carbonyl (C=O) groups is 1. The first-order chi connectivity index (χ1) is 20.1. The normalized spacial score (nSPS) is 14.4. The van der Waals surface area contributed by atoms with Gasteiger partial charge in [-0.1, -0.05) is 84.6 Å². The van der Waals surface area contributed by atoms with Crippen LogP contribution in [-0.4, -0.2) is 45.2 Å². The van der Waals surface area contributed by atoms with E-state index < -0.39 is 0 Å². The highest BCUT2D eigenvalue weighted by Gasteiger charge is 2.32. The molecule has 4 aromatic carbocycles. The number of ether oxygens (including phenoxy) is 2. The van der Waals surface area contributed by atoms with Gasteiger partial charge in [-0.15, -0.1) is 0 Å². The molecule has 1 fully saturated rings. The van der Waals surface area contributed by atoms with Gasteiger partial charge in [0, 0.05) is 24.4 Å². The number of thiocarbonyl (C=S) groups is 1. The summed E-state index contributed by atoms with van der Waals surface area (Å²) in [4.78, 5) is 15.3. The summed E-state index contributed by atoms with van der Waals surface area (Å²) in [5.74, 6) is 0.650. The lowest BCUT2D eigenvalue weighted by atomic mass is 10.1. The van der Waals surface area contributed by atoms with Gasteiger partial charge in [-0.25, -0.2) is 4.68 Å². The molecule has 0 saturated carbocycles. The van der Waals surface area contributed by atoms with Crippen LogP contribution >= 0.6 is 24.0 Å². The van der Waals surface area contributed by atoms with Gasteiger partial charge in [0.1, 0.15) is 16.7 Å². The zero-order valence-electron chi connectivity index (χ0n) is 22.4. The standard InChI is InChI=1S/C33H27N3O3S2/c1-38-19-18-35-32(37)30(41-33(35)40)20-26-21-36(27-11-3-2-4-12-27)34-31(26)24-14-16-28(17-15-24)39-22-25-10-7-9-23-8-5-6-13-29(23)25/h2-17,20-21H,18-19,22H2,1H3/b30-20-. The van der Waals surface area contributed by atoms with E-state index in [4.69, 9.17) is 26.8 Å². The van der Waals surface area contributed by atoms with Crippen molar-refractivity contribution in [1.29, 1.82) is 0 Å². The number of hydrogen-bond donors (Lipinski definition) is 0. The van der Waals surface area contributed by atoms with Gasteiger partial charge in [-0.2, -0.15) is 5.10 Å². The van der Waals surface area contributed by atoms with Crippen LogP contribution < -0.4 is 4.74 Å². The van der Waals surface area contributed by atoms with Crippen molar-refractivity contribution >= 4 is 51.1 Å². The third kappa shape index (κ3) is 5.81. The van der Waals surface area contributed by atoms with Crippen molar-refractivity contribution in [1.82, 2.24) is 14.7 Å². The largest absolute Gasteiger partial charge is 0.489 e. The molecule has 0 spiro atoms. The van der Waals surface area contributed by atoms with Gasteiger partial charge in [0.2, 0.25) is 0 Å². The van der Waals surface area contributed by atoms with Gasteiger partial charge in [0.15, 0.2) is 0 Å². The highest BCUT2D eigenvalue weighted by atomic mass is 32.2. The summed E-state index contributed by atoms with van der Waals surface area (Å²) in [6.07, 6.45) is 3.82. The molecule has 204 valence electrons. The summed E-state index contributed by atoms with van der Waals surface area (Å²) < 4.78 is 13.7. The Labute approximate surface area is 248 Å². The van der Waals surface area contributed by atoms with Gasteiger partial charge in [0.05, 0.1) is 29.4 Å². The van der Waals surface area contributed by atoms with Crippen LogP contribution in [0.1, 0.15) is 11.1 Å². The predicted molar refractivity (Wildman–Crippen MR) is 169 cm³/mol. The number of nitrogens with zero attached hydrogens (tertiary/aromatic N) is 3. The first-order valence-corrected chi connectivity index (χ1v) is 14.4. The van der Waals surface area contributed by atoms with E-state index >= 15 is 0 Å². The van der Waals surface area contributed by atoms with Gasteiger partial charge >= 0.3 is 0 Å². The quantitative estimate of drug-likeness (QED) is 0.137. The molecule has 1 aliphatic heterocycles. The zero-order valence-corrected chi connectivity index (χ0v) is 24.0. The Bertz CT molecular complexity index is 1740. The van der Waals surface area contributed by atoms with E-state index in [1.54, 1.807) is 12.0 Å². The van der Waals surface area contributed by atoms with Crippen molar-refractivity contribution < 1.29 is 14.3 Å². The van der Waals surface area contributed by atoms with E-state index in [2.05, 4.69) is 30.3 Å². The molecule has 0 atom stereocenters. The molecule has 6 nitrogen and oxygen atoms in total. The Morgan fingerprint density at radius 2 is 1.68 bits per heavy atom. The molecule has 8 heteroatoms. The minimum Gasteiger partial charge on any atom is -0.489 e. The highest BCUT2D eigenvalue weighted by Crippen LogP contribution is 2.35. The van der Waals surface area contributed by atoms with E-state index in [0.717, 1.165) is 33.8 Å². The number of fused-ring (bicyclic) bond motifs is 1. The van der Waals surface area contributed by atoms with E-state index in [-0.39, 0.29) is 5.91 Å². The average molecular weight is 578 g/mol. The van der Waals surface area contributed by atoms with Crippen molar-refractivity contribution in [2.45, 2.75) is 6.61 Å². The minimum absolute atomic E-state index is 0.118. The zero-order chi connectivity index (χ0) is 28.2. The third-order valence-electron chi connectivity index (χ3n) is 6.84. The second-order valence-corrected chi connectivity index (χ2v) is 11.2. The predicted octanol–water partition coefficient (Wildman–Crippen LogP) is 7.12. The van der Waals surface area contributed by atoms with Crippen LogP contribution in [0.15, 0.2) is 108 Å². The molecule has 2 heterocycles. The van der Waals surface area contributed by atoms with Crippen LogP contribution in [0.2, 0.25) is 0 Å². The maximum Gasteiger partial charge on any atom is 0.266 e. The second kappa shape index (κ2) is 12.1. The first kappa shape index (κ1) is 27.0. The maximum absolute atomic E-state index is 13.1. The van der Waals surface area contributed by atoms with Crippen molar-refractivity contribution in [3.8, 4) is 22.7 Å². The van der Waals surface area contributed by atoms with Crippen molar-refractivity contribution in [3.05, 3.63) is 119 Å². The molecular formula is C33H27N3O3S2. The number of thioether (sulfide) groups is 1. The number of para-hydroxylation sites is 1. The summed E-state index contributed by atoms with van der Waals surface area (Å²) in [5.41, 5.74) is 4.57. The van der Waals surface area contributed by atoms with E-state index in [1.807, 2.05) is 83.7 Å². The molecule has 0 bridgehead atoms. The van der Waals surface area contributed by atoms with Crippen LogP contribution in [0.25, 0.3) is 33.8 Å². The Morgan fingerprint density at radius 3 is 2.49 bits per heavy atom. The number of amides is 1. The van der Waals surface area contributed by atoms with Crippen molar-refractivity contribution in [2.75, 3.05) is 20.3 Å². The molecule has 0 N–H and O–H groups in total. The number of benzene rings is 4. The SMILES string of the molecule is COCCN1C(=O)/C(=C/c2cn(-c3ccccc3)nc2-c2ccc(OCc3cccc4ccccc34)cc2)SC1=S. The fourth-order valence-electron chi connectivity index (χ4n) is 4.74. The summed E-state index contributed by atoms with van der Waals surface area (Å²) in [6, 6.07) is 32.4. The molecule has 1 aliphatic rings. The van der Waals surface area contributed by atoms with Crippen LogP contribution in [-0.2, 0) is 16.1 Å². The topological polar surface area (TPSA) is 56.6 Å². The molecule has 0 aliphatic carbocycles. The smallest absolute Gasteiger partial charge is 0.266 e. The lowest BCUT2D eigenvalue weighted by Crippen LogP contribution is -2.31. The second-order valence-electron chi connectivity index (χ2n) is 9.49. The van der Waals surface area contributed by atoms with Crippen LogP contribution in [0.4, 0.5) is 0 Å². The molecule has 41 heavy (non-hydrogen) atoms. The number of hydrogen-bond acceptors (Lipinski definition) is 6. The average Bonchev–Trinajstić information content (AvgIpc) is 3.55. The van der Waals surface area contributed by atoms with Crippen LogP contribution in [0, 0.1) is 0 Å². The summed E-state index contributed by atoms with van der Waals surface area (Å²) >= 11 is 6.77. The molecule has 1 aromatic heterocycles. The Morgan fingerprint density at radius 1 is 0.927 bits per heavy atom. The summed E-state index contributed by atoms with van der Waals surface area (Å²) in [7, 11) is 1.61. The molecule has 1 amide bonds. The van der Waals surface area contributed by atoms with Crippen LogP contribution in [0.5, 0.6) is 5.75 Å². The fourth-order valence-corrected chi connectivity index (χ4v) is 6.03. The first-order valence-electron chi connectivity index (χ1n) is 13.2. The Hall–Kier alpha value is -4.24. The molecule has 5 aromatic rings. The maximum atomic E-state index is 13.1. The minimum atomic E-state index is -0.118. The monoisotopic (exact) mass is 577 g/mol. The van der Waals surface area contributed by atoms with Gasteiger partial charge in [-0.05, 0) is 58.8 Å². The van der Waals surface area contributed by atoms with E-state index in [9.17, 15) is 4.79 Å². The fraction of sp³-hybridized carbons (Fsp3) is 0.121. The summed E-state index contributed by atoms with van der Waals surface area (Å²) in [6.45, 7) is 1.32. The van der Waals surface area contributed by atoms with Crippen LogP contribution in [0.3, 0.4) is 0 Å². The molecule has 0 radical (unpaired) electrons. The van der Waals surface area contributed by atoms with Crippen molar-refractivity contribution in [3.63, 3.8) is 0 Å². The lowest BCUT2D eigenvalue weighted by molar-refractivity contribution is -0.122. The summed E-state index contributed by atoms with van der Waals surface area (Å²) in [5, 5.41) is 7.29. The number of rotatable bonds is 9. The molecule has 1 saturated heterocycles. The molecular weight excluding hydrogens is 551 g/mol. The molecule has 0 unspecified atom stereocenters. The highest BCUT2D eigenvalue weighted by molar-refractivity contribution is 8.26. The lowest BCUT2D eigenvalue weighted by Gasteiger charge is -2.12. The van der Waals surface area contributed by atoms with Crippen molar-refractivity contribution in [2.24, 2.45) is 0 Å². The van der Waals surface area contributed by atoms with E-state index in [1.165, 1.54) is 22.5 Å². The van der Waals surface area contributed by atoms with Gasteiger partial charge < -0.3 is 9.47 Å². The third-order valence-corrected chi connectivity index (χ3v) is 8.22. The Kier molecular flexibility index (Phi) is 7.95.